The van der Waals surface area contributed by atoms with Crippen LogP contribution in [-0.2, 0) is 34.2 Å². The van der Waals surface area contributed by atoms with E-state index in [1.807, 2.05) is 75.4 Å². The number of aryl methyl sites for hydroxylation is 5. The Morgan fingerprint density at radius 1 is 0.914 bits per heavy atom. The van der Waals surface area contributed by atoms with Crippen LogP contribution in [0.5, 0.6) is 0 Å². The van der Waals surface area contributed by atoms with Crippen molar-refractivity contribution in [3.63, 3.8) is 0 Å². The number of nitrogens with zero attached hydrogens (tertiary/aromatic N) is 1. The minimum Gasteiger partial charge on any atom is -0.324 e. The first-order valence-corrected chi connectivity index (χ1v) is 14.0. The van der Waals surface area contributed by atoms with E-state index in [4.69, 9.17) is 0 Å². The van der Waals surface area contributed by atoms with E-state index in [0.29, 0.717) is 11.1 Å². The van der Waals surface area contributed by atoms with Gasteiger partial charge < -0.3 is 5.32 Å². The van der Waals surface area contributed by atoms with Gasteiger partial charge in [0.25, 0.3) is 0 Å². The topological polar surface area (TPSA) is 66.5 Å². The second-order valence-electron chi connectivity index (χ2n) is 8.84. The van der Waals surface area contributed by atoms with Crippen LogP contribution < -0.4 is 5.32 Å². The molecule has 0 atom stereocenters. The number of amides is 1. The summed E-state index contributed by atoms with van der Waals surface area (Å²) in [6, 6.07) is 17.1. The van der Waals surface area contributed by atoms with Crippen molar-refractivity contribution in [2.45, 2.75) is 58.9 Å². The predicted molar refractivity (Wildman–Crippen MR) is 146 cm³/mol. The first-order valence-electron chi connectivity index (χ1n) is 11.8. The summed E-state index contributed by atoms with van der Waals surface area (Å²) in [5.41, 5.74) is 5.95. The van der Waals surface area contributed by atoms with E-state index in [9.17, 15) is 13.2 Å². The maximum absolute atomic E-state index is 13.9. The van der Waals surface area contributed by atoms with Crippen LogP contribution in [0.3, 0.4) is 0 Å². The Bertz CT molecular complexity index is 1270. The molecule has 5 nitrogen and oxygen atoms in total. The molecule has 3 aromatic carbocycles. The quantitative estimate of drug-likeness (QED) is 0.335. The second kappa shape index (κ2) is 11.5. The highest BCUT2D eigenvalue weighted by Crippen LogP contribution is 2.29. The number of nitrogens with one attached hydrogen (secondary N) is 1. The van der Waals surface area contributed by atoms with Crippen molar-refractivity contribution in [2.24, 2.45) is 0 Å². The van der Waals surface area contributed by atoms with Crippen molar-refractivity contribution < 1.29 is 13.2 Å². The second-order valence-corrected chi connectivity index (χ2v) is 11.6. The van der Waals surface area contributed by atoms with Crippen molar-refractivity contribution in [3.8, 4) is 0 Å². The summed E-state index contributed by atoms with van der Waals surface area (Å²) in [6.45, 7) is 9.43. The molecular formula is C28H33BrN2O3S. The summed E-state index contributed by atoms with van der Waals surface area (Å²) >= 11 is 3.54. The van der Waals surface area contributed by atoms with E-state index < -0.39 is 10.0 Å². The summed E-state index contributed by atoms with van der Waals surface area (Å²) in [4.78, 5) is 13.6. The molecule has 0 fully saturated rings. The summed E-state index contributed by atoms with van der Waals surface area (Å²) < 4.78 is 30.1. The molecule has 0 radical (unpaired) electrons. The number of rotatable bonds is 9. The Kier molecular flexibility index (Phi) is 8.91. The molecule has 0 spiro atoms. The minimum absolute atomic E-state index is 0.102. The smallest absolute Gasteiger partial charge is 0.244 e. The average molecular weight is 558 g/mol. The number of carbonyl (C=O) groups excluding carboxylic acids is 1. The van der Waals surface area contributed by atoms with Gasteiger partial charge in [-0.1, -0.05) is 77.8 Å². The zero-order chi connectivity index (χ0) is 25.8. The van der Waals surface area contributed by atoms with Gasteiger partial charge in [0.2, 0.25) is 15.9 Å². The minimum atomic E-state index is -3.94. The molecule has 0 aliphatic carbocycles. The van der Waals surface area contributed by atoms with Gasteiger partial charge in [-0.15, -0.1) is 0 Å². The molecule has 0 saturated heterocycles. The van der Waals surface area contributed by atoms with Gasteiger partial charge in [-0.3, -0.25) is 4.79 Å². The third-order valence-electron chi connectivity index (χ3n) is 6.02. The lowest BCUT2D eigenvalue weighted by Gasteiger charge is -2.25. The third-order valence-corrected chi connectivity index (χ3v) is 8.57. The summed E-state index contributed by atoms with van der Waals surface area (Å²) in [5, 5.41) is 3.02. The fourth-order valence-corrected chi connectivity index (χ4v) is 6.85. The van der Waals surface area contributed by atoms with Gasteiger partial charge in [0.05, 0.1) is 11.4 Å². The van der Waals surface area contributed by atoms with Crippen LogP contribution in [0.15, 0.2) is 64.0 Å². The van der Waals surface area contributed by atoms with Crippen molar-refractivity contribution in [2.75, 3.05) is 11.9 Å². The van der Waals surface area contributed by atoms with Crippen molar-refractivity contribution in [1.82, 2.24) is 4.31 Å². The maximum atomic E-state index is 13.9. The normalized spacial score (nSPS) is 11.6. The molecule has 1 amide bonds. The molecule has 0 aromatic heterocycles. The highest BCUT2D eigenvalue weighted by atomic mass is 79.9. The van der Waals surface area contributed by atoms with Crippen LogP contribution in [0.4, 0.5) is 5.69 Å². The van der Waals surface area contributed by atoms with E-state index in [-0.39, 0.29) is 23.9 Å². The van der Waals surface area contributed by atoms with Crippen LogP contribution in [0.2, 0.25) is 0 Å². The zero-order valence-corrected chi connectivity index (χ0v) is 23.4. The summed E-state index contributed by atoms with van der Waals surface area (Å²) in [7, 11) is -3.94. The lowest BCUT2D eigenvalue weighted by atomic mass is 10.0. The molecule has 0 heterocycles. The molecule has 3 rings (SSSR count). The highest BCUT2D eigenvalue weighted by Gasteiger charge is 2.30. The standard InChI is InChI=1S/C28H33BrN2O3S/c1-6-23-15-25(29)16-24(7-2)27(23)30-26(32)18-31(17-22-11-9-8-10-12-22)35(33,34)28-20(4)13-19(3)14-21(28)5/h8-16H,6-7,17-18H2,1-5H3,(H,30,32). The Labute approximate surface area is 217 Å². The first kappa shape index (κ1) is 27.1. The fourth-order valence-electron chi connectivity index (χ4n) is 4.50. The average Bonchev–Trinajstić information content (AvgIpc) is 2.79. The van der Waals surface area contributed by atoms with Crippen LogP contribution in [-0.4, -0.2) is 25.2 Å². The molecule has 0 unspecified atom stereocenters. The Morgan fingerprint density at radius 2 is 1.46 bits per heavy atom. The predicted octanol–water partition coefficient (Wildman–Crippen LogP) is 6.33. The van der Waals surface area contributed by atoms with Gasteiger partial charge in [0, 0.05) is 16.7 Å². The molecule has 0 bridgehead atoms. The monoisotopic (exact) mass is 556 g/mol. The molecule has 0 aliphatic heterocycles. The van der Waals surface area contributed by atoms with Crippen LogP contribution >= 0.6 is 15.9 Å². The van der Waals surface area contributed by atoms with Gasteiger partial charge in [-0.05, 0) is 73.6 Å². The summed E-state index contributed by atoms with van der Waals surface area (Å²) in [5.74, 6) is -0.362. The van der Waals surface area contributed by atoms with Crippen LogP contribution in [0.1, 0.15) is 47.2 Å². The maximum Gasteiger partial charge on any atom is 0.244 e. The SMILES string of the molecule is CCc1cc(Br)cc(CC)c1NC(=O)CN(Cc1ccccc1)S(=O)(=O)c1c(C)cc(C)cc1C. The van der Waals surface area contributed by atoms with Gasteiger partial charge in [-0.2, -0.15) is 4.31 Å². The van der Waals surface area contributed by atoms with Gasteiger partial charge in [0.1, 0.15) is 0 Å². The molecule has 0 aliphatic rings. The number of hydrogen-bond donors (Lipinski definition) is 1. The molecule has 3 aromatic rings. The molecule has 1 N–H and O–H groups in total. The number of anilines is 1. The Balaban J connectivity index is 2.00. The molecular weight excluding hydrogens is 524 g/mol. The van der Waals surface area contributed by atoms with E-state index in [1.165, 1.54) is 4.31 Å². The first-order chi connectivity index (χ1) is 16.6. The van der Waals surface area contributed by atoms with E-state index in [0.717, 1.165) is 45.3 Å². The summed E-state index contributed by atoms with van der Waals surface area (Å²) in [6.07, 6.45) is 1.49. The molecule has 7 heteroatoms. The van der Waals surface area contributed by atoms with Crippen molar-refractivity contribution in [1.29, 1.82) is 0 Å². The van der Waals surface area contributed by atoms with Crippen molar-refractivity contribution >= 4 is 37.5 Å². The van der Waals surface area contributed by atoms with Gasteiger partial charge in [0.15, 0.2) is 0 Å². The van der Waals surface area contributed by atoms with Crippen LogP contribution in [0, 0.1) is 20.8 Å². The van der Waals surface area contributed by atoms with Gasteiger partial charge in [-0.25, -0.2) is 8.42 Å². The molecule has 35 heavy (non-hydrogen) atoms. The molecule has 186 valence electrons. The Hall–Kier alpha value is -2.48. The Morgan fingerprint density at radius 3 is 1.97 bits per heavy atom. The number of carbonyl (C=O) groups is 1. The lowest BCUT2D eigenvalue weighted by molar-refractivity contribution is -0.116. The van der Waals surface area contributed by atoms with Gasteiger partial charge >= 0.3 is 0 Å². The third kappa shape index (κ3) is 6.40. The van der Waals surface area contributed by atoms with E-state index in [1.54, 1.807) is 13.8 Å². The van der Waals surface area contributed by atoms with E-state index in [2.05, 4.69) is 21.2 Å². The largest absolute Gasteiger partial charge is 0.324 e. The number of benzene rings is 3. The highest BCUT2D eigenvalue weighted by molar-refractivity contribution is 9.10. The lowest BCUT2D eigenvalue weighted by Crippen LogP contribution is -2.38. The molecule has 0 saturated carbocycles. The fraction of sp³-hybridized carbons (Fsp3) is 0.321. The van der Waals surface area contributed by atoms with Crippen molar-refractivity contribution in [3.05, 3.63) is 92.5 Å². The number of sulfonamides is 1. The zero-order valence-electron chi connectivity index (χ0n) is 21.0. The number of halogens is 1. The van der Waals surface area contributed by atoms with E-state index >= 15 is 0 Å². The van der Waals surface area contributed by atoms with Crippen LogP contribution in [0.25, 0.3) is 0 Å². The number of hydrogen-bond acceptors (Lipinski definition) is 3.